The second-order valence-electron chi connectivity index (χ2n) is 11.5. The second kappa shape index (κ2) is 9.23. The van der Waals surface area contributed by atoms with Gasteiger partial charge in [-0.15, -0.1) is 0 Å². The molecule has 0 bridgehead atoms. The van der Waals surface area contributed by atoms with Crippen LogP contribution in [-0.2, 0) is 0 Å². The Hall–Kier alpha value is -1.72. The molecule has 0 saturated heterocycles. The van der Waals surface area contributed by atoms with Crippen LogP contribution in [0, 0.1) is 34.5 Å². The van der Waals surface area contributed by atoms with E-state index < -0.39 is 29.5 Å². The van der Waals surface area contributed by atoms with E-state index in [0.717, 1.165) is 81.3 Å². The van der Waals surface area contributed by atoms with Crippen molar-refractivity contribution < 1.29 is 36.6 Å². The molecule has 0 heterocycles. The molecule has 4 fully saturated rings. The van der Waals surface area contributed by atoms with Crippen molar-refractivity contribution in [1.82, 2.24) is 0 Å². The standard InChI is InChI=1S/C28H34F6O2/c1-18-19(6-3-8-22(18)35)9-10-20-7-4-13-24(2)21(20)11-12-23(24)25(16-17-25)14-5-15-26(36,27(29,30)31)28(32,33)34/h9-10,21-23,35-36H,1,3-4,6-8,11-14,16-17H2,2H3/t21?,22-,23-,24-/m0/s1. The third-order valence-corrected chi connectivity index (χ3v) is 9.36. The first kappa shape index (κ1) is 27.3. The SMILES string of the molecule is C=C1C(=CC=C2CCC[C@@]3(C)C2CC[C@@H]3C2(CC#CC(O)(C(F)(F)F)C(F)(F)F)CC2)CCC[C@@H]1O. The molecule has 0 radical (unpaired) electrons. The van der Waals surface area contributed by atoms with Gasteiger partial charge in [0.25, 0.3) is 0 Å². The van der Waals surface area contributed by atoms with E-state index in [0.29, 0.717) is 5.92 Å². The maximum atomic E-state index is 13.0. The van der Waals surface area contributed by atoms with E-state index in [1.165, 1.54) is 5.57 Å². The molecule has 0 spiro atoms. The topological polar surface area (TPSA) is 40.5 Å². The van der Waals surface area contributed by atoms with Gasteiger partial charge in [0, 0.05) is 6.42 Å². The Kier molecular flexibility index (Phi) is 7.01. The molecule has 0 aliphatic heterocycles. The van der Waals surface area contributed by atoms with Crippen LogP contribution in [0.25, 0.3) is 0 Å². The number of aliphatic hydroxyl groups excluding tert-OH is 1. The Morgan fingerprint density at radius 1 is 0.972 bits per heavy atom. The van der Waals surface area contributed by atoms with Gasteiger partial charge in [0.1, 0.15) is 0 Å². The van der Waals surface area contributed by atoms with Gasteiger partial charge in [-0.05, 0) is 104 Å². The second-order valence-corrected chi connectivity index (χ2v) is 11.5. The van der Waals surface area contributed by atoms with E-state index in [2.05, 4.69) is 31.6 Å². The summed E-state index contributed by atoms with van der Waals surface area (Å²) >= 11 is 0. The van der Waals surface area contributed by atoms with Gasteiger partial charge in [0.2, 0.25) is 0 Å². The van der Waals surface area contributed by atoms with Gasteiger partial charge in [0.15, 0.2) is 0 Å². The van der Waals surface area contributed by atoms with Gasteiger partial charge >= 0.3 is 18.0 Å². The van der Waals surface area contributed by atoms with Crippen LogP contribution in [0.4, 0.5) is 26.3 Å². The van der Waals surface area contributed by atoms with Crippen LogP contribution >= 0.6 is 0 Å². The number of aliphatic hydroxyl groups is 2. The highest BCUT2D eigenvalue weighted by atomic mass is 19.4. The molecule has 200 valence electrons. The number of alkyl halides is 6. The molecule has 4 rings (SSSR count). The summed E-state index contributed by atoms with van der Waals surface area (Å²) in [6, 6.07) is 0. The molecule has 0 aromatic rings. The zero-order valence-corrected chi connectivity index (χ0v) is 20.5. The van der Waals surface area contributed by atoms with Crippen LogP contribution in [0.2, 0.25) is 0 Å². The van der Waals surface area contributed by atoms with Gasteiger partial charge in [-0.25, -0.2) is 0 Å². The number of rotatable bonds is 3. The van der Waals surface area contributed by atoms with Gasteiger partial charge in [0.05, 0.1) is 6.10 Å². The van der Waals surface area contributed by atoms with E-state index in [-0.39, 0.29) is 17.8 Å². The molecule has 4 atom stereocenters. The van der Waals surface area contributed by atoms with Crippen molar-refractivity contribution in [3.05, 3.63) is 35.5 Å². The number of halogens is 6. The van der Waals surface area contributed by atoms with Crippen LogP contribution in [-0.4, -0.2) is 34.3 Å². The van der Waals surface area contributed by atoms with E-state index >= 15 is 0 Å². The minimum Gasteiger partial charge on any atom is -0.388 e. The summed E-state index contributed by atoms with van der Waals surface area (Å²) in [6.45, 7) is 6.25. The maximum absolute atomic E-state index is 13.0. The van der Waals surface area contributed by atoms with Crippen molar-refractivity contribution in [2.45, 2.75) is 102 Å². The maximum Gasteiger partial charge on any atom is 0.438 e. The Balaban J connectivity index is 1.54. The Morgan fingerprint density at radius 2 is 1.64 bits per heavy atom. The summed E-state index contributed by atoms with van der Waals surface area (Å²) < 4.78 is 78.1. The molecule has 0 amide bonds. The van der Waals surface area contributed by atoms with E-state index in [1.54, 1.807) is 0 Å². The Labute approximate surface area is 208 Å². The highest BCUT2D eigenvalue weighted by molar-refractivity contribution is 5.38. The van der Waals surface area contributed by atoms with Crippen LogP contribution < -0.4 is 0 Å². The summed E-state index contributed by atoms with van der Waals surface area (Å²) in [5, 5.41) is 19.5. The molecular weight excluding hydrogens is 482 g/mol. The monoisotopic (exact) mass is 516 g/mol. The molecule has 4 saturated carbocycles. The predicted molar refractivity (Wildman–Crippen MR) is 124 cm³/mol. The average Bonchev–Trinajstić information content (AvgIpc) is 3.46. The summed E-state index contributed by atoms with van der Waals surface area (Å²) in [4.78, 5) is 0. The molecule has 8 heteroatoms. The third kappa shape index (κ3) is 4.67. The molecule has 0 aromatic heterocycles. The molecular formula is C28H34F6O2. The zero-order chi connectivity index (χ0) is 26.6. The average molecular weight is 517 g/mol. The van der Waals surface area contributed by atoms with E-state index in [9.17, 15) is 36.6 Å². The van der Waals surface area contributed by atoms with Crippen LogP contribution in [0.3, 0.4) is 0 Å². The van der Waals surface area contributed by atoms with Crippen molar-refractivity contribution in [3.8, 4) is 11.8 Å². The Bertz CT molecular complexity index is 990. The predicted octanol–water partition coefficient (Wildman–Crippen LogP) is 7.19. The summed E-state index contributed by atoms with van der Waals surface area (Å²) in [5.74, 6) is 3.76. The van der Waals surface area contributed by atoms with Gasteiger partial charge in [-0.1, -0.05) is 37.1 Å². The Morgan fingerprint density at radius 3 is 2.25 bits per heavy atom. The van der Waals surface area contributed by atoms with Crippen molar-refractivity contribution >= 4 is 0 Å². The zero-order valence-electron chi connectivity index (χ0n) is 20.5. The first-order valence-electron chi connectivity index (χ1n) is 12.8. The lowest BCUT2D eigenvalue weighted by atomic mass is 9.59. The van der Waals surface area contributed by atoms with Gasteiger partial charge in [-0.2, -0.15) is 26.3 Å². The van der Waals surface area contributed by atoms with Crippen molar-refractivity contribution in [1.29, 1.82) is 0 Å². The minimum absolute atomic E-state index is 0.0741. The number of hydrogen-bond donors (Lipinski definition) is 2. The fraction of sp³-hybridized carbons (Fsp3) is 0.714. The number of allylic oxidation sites excluding steroid dienone is 3. The normalized spacial score (nSPS) is 34.9. The third-order valence-electron chi connectivity index (χ3n) is 9.36. The number of hydrogen-bond acceptors (Lipinski definition) is 2. The fourth-order valence-corrected chi connectivity index (χ4v) is 7.14. The summed E-state index contributed by atoms with van der Waals surface area (Å²) in [5.41, 5.74) is -2.32. The first-order valence-corrected chi connectivity index (χ1v) is 12.8. The van der Waals surface area contributed by atoms with Crippen LogP contribution in [0.15, 0.2) is 35.5 Å². The lowest BCUT2D eigenvalue weighted by Gasteiger charge is -2.45. The van der Waals surface area contributed by atoms with Crippen molar-refractivity contribution in [2.75, 3.05) is 0 Å². The van der Waals surface area contributed by atoms with Crippen LogP contribution in [0.5, 0.6) is 0 Å². The summed E-state index contributed by atoms with van der Waals surface area (Å²) in [7, 11) is 0. The number of fused-ring (bicyclic) bond motifs is 1. The van der Waals surface area contributed by atoms with Gasteiger partial charge < -0.3 is 10.2 Å². The largest absolute Gasteiger partial charge is 0.438 e. The lowest BCUT2D eigenvalue weighted by molar-refractivity contribution is -0.343. The molecule has 36 heavy (non-hydrogen) atoms. The first-order chi connectivity index (χ1) is 16.6. The van der Waals surface area contributed by atoms with E-state index in [1.807, 2.05) is 0 Å². The molecule has 4 aliphatic rings. The highest BCUT2D eigenvalue weighted by Crippen LogP contribution is 2.69. The fourth-order valence-electron chi connectivity index (χ4n) is 7.14. The van der Waals surface area contributed by atoms with Crippen LogP contribution in [0.1, 0.15) is 77.6 Å². The van der Waals surface area contributed by atoms with Crippen molar-refractivity contribution in [2.24, 2.45) is 22.7 Å². The lowest BCUT2D eigenvalue weighted by Crippen LogP contribution is -2.55. The van der Waals surface area contributed by atoms with E-state index in [4.69, 9.17) is 0 Å². The van der Waals surface area contributed by atoms with Crippen molar-refractivity contribution in [3.63, 3.8) is 0 Å². The van der Waals surface area contributed by atoms with Gasteiger partial charge in [-0.3, -0.25) is 0 Å². The molecule has 0 aromatic carbocycles. The quantitative estimate of drug-likeness (QED) is 0.308. The molecule has 1 unspecified atom stereocenters. The molecule has 4 aliphatic carbocycles. The highest BCUT2D eigenvalue weighted by Gasteiger charge is 2.70. The molecule has 2 N–H and O–H groups in total. The molecule has 2 nitrogen and oxygen atoms in total. The minimum atomic E-state index is -5.92. The summed E-state index contributed by atoms with van der Waals surface area (Å²) in [6.07, 6.45) is 0.508. The smallest absolute Gasteiger partial charge is 0.388 e.